The van der Waals surface area contributed by atoms with Crippen LogP contribution >= 0.6 is 15.9 Å². The van der Waals surface area contributed by atoms with E-state index >= 15 is 0 Å². The number of hydrogen-bond donors (Lipinski definition) is 2. The smallest absolute Gasteiger partial charge is 0.239 e. The Morgan fingerprint density at radius 3 is 2.70 bits per heavy atom. The van der Waals surface area contributed by atoms with E-state index in [0.29, 0.717) is 23.9 Å². The van der Waals surface area contributed by atoms with E-state index in [-0.39, 0.29) is 31.7 Å². The van der Waals surface area contributed by atoms with Crippen molar-refractivity contribution in [3.8, 4) is 11.5 Å². The number of likely N-dealkylation sites (N-methyl/N-ethyl adjacent to an activating group) is 1. The molecule has 3 rings (SSSR count). The van der Waals surface area contributed by atoms with Gasteiger partial charge in [0.15, 0.2) is 11.5 Å². The van der Waals surface area contributed by atoms with Crippen LogP contribution in [0.4, 0.5) is 5.82 Å². The molecule has 0 spiro atoms. The van der Waals surface area contributed by atoms with Gasteiger partial charge >= 0.3 is 0 Å². The maximum atomic E-state index is 12.1. The lowest BCUT2D eigenvalue weighted by atomic mass is 10.2. The van der Waals surface area contributed by atoms with Crippen molar-refractivity contribution in [2.75, 3.05) is 32.2 Å². The van der Waals surface area contributed by atoms with Crippen LogP contribution in [-0.4, -0.2) is 48.6 Å². The van der Waals surface area contributed by atoms with Gasteiger partial charge in [-0.15, -0.1) is 0 Å². The van der Waals surface area contributed by atoms with Crippen LogP contribution in [0, 0.1) is 0 Å². The number of rotatable bonds is 7. The highest BCUT2D eigenvalue weighted by Gasteiger charge is 2.14. The molecule has 1 aromatic heterocycles. The Morgan fingerprint density at radius 1 is 1.15 bits per heavy atom. The van der Waals surface area contributed by atoms with Crippen molar-refractivity contribution in [1.29, 1.82) is 0 Å². The van der Waals surface area contributed by atoms with Crippen molar-refractivity contribution in [3.63, 3.8) is 0 Å². The molecule has 0 unspecified atom stereocenters. The summed E-state index contributed by atoms with van der Waals surface area (Å²) in [7, 11) is 1.70. The summed E-state index contributed by atoms with van der Waals surface area (Å²) < 4.78 is 11.4. The van der Waals surface area contributed by atoms with Crippen LogP contribution in [0.5, 0.6) is 11.5 Å². The van der Waals surface area contributed by atoms with Crippen molar-refractivity contribution >= 4 is 33.6 Å². The van der Waals surface area contributed by atoms with Crippen molar-refractivity contribution < 1.29 is 19.1 Å². The molecular formula is C18H19BrN4O4. The van der Waals surface area contributed by atoms with Gasteiger partial charge in [0, 0.05) is 17.2 Å². The molecule has 0 radical (unpaired) electrons. The fourth-order valence-corrected chi connectivity index (χ4v) is 2.72. The topological polar surface area (TPSA) is 92.8 Å². The SMILES string of the molecule is CN(CC(=O)NCc1ccc2c(c1)OCO2)CC(=O)Nc1ccc(Br)cn1. The molecule has 0 aliphatic carbocycles. The first-order valence-corrected chi connectivity index (χ1v) is 9.04. The van der Waals surface area contributed by atoms with Crippen molar-refractivity contribution in [3.05, 3.63) is 46.6 Å². The molecular weight excluding hydrogens is 416 g/mol. The van der Waals surface area contributed by atoms with E-state index in [1.54, 1.807) is 30.3 Å². The maximum Gasteiger partial charge on any atom is 0.239 e. The first kappa shape index (κ1) is 19.1. The molecule has 8 nitrogen and oxygen atoms in total. The fraction of sp³-hybridized carbons (Fsp3) is 0.278. The summed E-state index contributed by atoms with van der Waals surface area (Å²) >= 11 is 3.28. The van der Waals surface area contributed by atoms with E-state index < -0.39 is 0 Å². The summed E-state index contributed by atoms with van der Waals surface area (Å²) in [6.07, 6.45) is 1.60. The van der Waals surface area contributed by atoms with Gasteiger partial charge in [-0.3, -0.25) is 14.5 Å². The molecule has 2 amide bonds. The van der Waals surface area contributed by atoms with E-state index in [4.69, 9.17) is 9.47 Å². The number of anilines is 1. The Bertz CT molecular complexity index is 829. The molecule has 9 heteroatoms. The fourth-order valence-electron chi connectivity index (χ4n) is 2.49. The second kappa shape index (κ2) is 8.83. The monoisotopic (exact) mass is 434 g/mol. The van der Waals surface area contributed by atoms with E-state index in [1.807, 2.05) is 18.2 Å². The Balaban J connectivity index is 1.40. The molecule has 0 fully saturated rings. The molecule has 2 heterocycles. The third-order valence-electron chi connectivity index (χ3n) is 3.75. The predicted octanol–water partition coefficient (Wildman–Crippen LogP) is 1.76. The van der Waals surface area contributed by atoms with Crippen LogP contribution in [0.2, 0.25) is 0 Å². The molecule has 0 saturated heterocycles. The maximum absolute atomic E-state index is 12.1. The summed E-state index contributed by atoms with van der Waals surface area (Å²) in [6.45, 7) is 0.771. The zero-order valence-electron chi connectivity index (χ0n) is 14.7. The molecule has 2 aromatic rings. The van der Waals surface area contributed by atoms with Gasteiger partial charge in [0.25, 0.3) is 0 Å². The Labute approximate surface area is 165 Å². The second-order valence-corrected chi connectivity index (χ2v) is 6.96. The summed E-state index contributed by atoms with van der Waals surface area (Å²) in [6, 6.07) is 9.01. The molecule has 1 aliphatic rings. The van der Waals surface area contributed by atoms with Gasteiger partial charge < -0.3 is 20.1 Å². The average molecular weight is 435 g/mol. The van der Waals surface area contributed by atoms with Crippen LogP contribution in [0.15, 0.2) is 41.0 Å². The van der Waals surface area contributed by atoms with Gasteiger partial charge in [0.1, 0.15) is 5.82 Å². The molecule has 142 valence electrons. The quantitative estimate of drug-likeness (QED) is 0.689. The summed E-state index contributed by atoms with van der Waals surface area (Å²) in [5.74, 6) is 1.43. The average Bonchev–Trinajstić information content (AvgIpc) is 3.09. The lowest BCUT2D eigenvalue weighted by molar-refractivity contribution is -0.123. The first-order valence-electron chi connectivity index (χ1n) is 8.25. The number of carbonyl (C=O) groups excluding carboxylic acids is 2. The highest BCUT2D eigenvalue weighted by atomic mass is 79.9. The van der Waals surface area contributed by atoms with Gasteiger partial charge in [0.05, 0.1) is 13.1 Å². The Hall–Kier alpha value is -2.65. The number of aromatic nitrogens is 1. The van der Waals surface area contributed by atoms with Crippen LogP contribution < -0.4 is 20.1 Å². The van der Waals surface area contributed by atoms with E-state index in [1.165, 1.54) is 0 Å². The molecule has 2 N–H and O–H groups in total. The highest BCUT2D eigenvalue weighted by molar-refractivity contribution is 9.10. The number of pyridine rings is 1. The van der Waals surface area contributed by atoms with Gasteiger partial charge in [-0.2, -0.15) is 0 Å². The van der Waals surface area contributed by atoms with Gasteiger partial charge in [0.2, 0.25) is 18.6 Å². The third kappa shape index (κ3) is 5.66. The summed E-state index contributed by atoms with van der Waals surface area (Å²) in [5.41, 5.74) is 0.911. The van der Waals surface area contributed by atoms with E-state index in [2.05, 4.69) is 31.5 Å². The van der Waals surface area contributed by atoms with Crippen LogP contribution in [0.25, 0.3) is 0 Å². The van der Waals surface area contributed by atoms with E-state index in [0.717, 1.165) is 10.0 Å². The van der Waals surface area contributed by atoms with Crippen molar-refractivity contribution in [2.45, 2.75) is 6.54 Å². The van der Waals surface area contributed by atoms with Gasteiger partial charge in [-0.05, 0) is 52.8 Å². The Kier molecular flexibility index (Phi) is 6.25. The lowest BCUT2D eigenvalue weighted by Gasteiger charge is -2.16. The minimum Gasteiger partial charge on any atom is -0.454 e. The largest absolute Gasteiger partial charge is 0.454 e. The van der Waals surface area contributed by atoms with Crippen LogP contribution in [0.1, 0.15) is 5.56 Å². The first-order chi connectivity index (χ1) is 13.0. The van der Waals surface area contributed by atoms with E-state index in [9.17, 15) is 9.59 Å². The van der Waals surface area contributed by atoms with Crippen LogP contribution in [0.3, 0.4) is 0 Å². The minimum absolute atomic E-state index is 0.0786. The summed E-state index contributed by atoms with van der Waals surface area (Å²) in [5, 5.41) is 5.51. The molecule has 0 atom stereocenters. The predicted molar refractivity (Wildman–Crippen MR) is 102 cm³/mol. The highest BCUT2D eigenvalue weighted by Crippen LogP contribution is 2.32. The Morgan fingerprint density at radius 2 is 1.93 bits per heavy atom. The summed E-state index contributed by atoms with van der Waals surface area (Å²) in [4.78, 5) is 29.8. The number of benzene rings is 1. The van der Waals surface area contributed by atoms with Gasteiger partial charge in [-0.1, -0.05) is 6.07 Å². The molecule has 0 saturated carbocycles. The van der Waals surface area contributed by atoms with Crippen molar-refractivity contribution in [1.82, 2.24) is 15.2 Å². The zero-order valence-corrected chi connectivity index (χ0v) is 16.3. The molecule has 0 bridgehead atoms. The number of fused-ring (bicyclic) bond motifs is 1. The normalized spacial score (nSPS) is 12.1. The zero-order chi connectivity index (χ0) is 19.2. The number of nitrogens with zero attached hydrogens (tertiary/aromatic N) is 2. The van der Waals surface area contributed by atoms with Crippen molar-refractivity contribution in [2.24, 2.45) is 0 Å². The number of halogens is 1. The van der Waals surface area contributed by atoms with Crippen LogP contribution in [-0.2, 0) is 16.1 Å². The molecule has 27 heavy (non-hydrogen) atoms. The standard InChI is InChI=1S/C18H19BrN4O4/c1-23(10-18(25)22-16-5-3-13(19)8-20-16)9-17(24)21-7-12-2-4-14-15(6-12)27-11-26-14/h2-6,8H,7,9-11H2,1H3,(H,21,24)(H,20,22,25). The van der Waals surface area contributed by atoms with Gasteiger partial charge in [-0.25, -0.2) is 4.98 Å². The molecule has 1 aliphatic heterocycles. The third-order valence-corrected chi connectivity index (χ3v) is 4.22. The number of amides is 2. The number of hydrogen-bond acceptors (Lipinski definition) is 6. The number of nitrogens with one attached hydrogen (secondary N) is 2. The second-order valence-electron chi connectivity index (χ2n) is 6.05. The minimum atomic E-state index is -0.240. The number of carbonyl (C=O) groups is 2. The number of ether oxygens (including phenoxy) is 2. The lowest BCUT2D eigenvalue weighted by Crippen LogP contribution is -2.38. The molecule has 1 aromatic carbocycles.